The van der Waals surface area contributed by atoms with Crippen molar-refractivity contribution < 1.29 is 13.2 Å². The van der Waals surface area contributed by atoms with E-state index in [0.29, 0.717) is 11.1 Å². The first-order valence-corrected chi connectivity index (χ1v) is 7.99. The standard InChI is InChI=1S/C13H19N3O3S2/c1-9-7-10(5-6-11(9)13(14)20)21(18,19)16(4)8-12(17)15(2)3/h5-7H,8H2,1-4H3,(H2,14,20). The van der Waals surface area contributed by atoms with E-state index in [2.05, 4.69) is 0 Å². The zero-order chi connectivity index (χ0) is 16.4. The summed E-state index contributed by atoms with van der Waals surface area (Å²) >= 11 is 4.89. The number of amides is 1. The third kappa shape index (κ3) is 3.99. The van der Waals surface area contributed by atoms with Crippen molar-refractivity contribution in [2.45, 2.75) is 11.8 Å². The summed E-state index contributed by atoms with van der Waals surface area (Å²) < 4.78 is 25.8. The normalized spacial score (nSPS) is 11.5. The highest BCUT2D eigenvalue weighted by molar-refractivity contribution is 7.89. The van der Waals surface area contributed by atoms with Gasteiger partial charge in [0.15, 0.2) is 0 Å². The number of thiocarbonyl (C=S) groups is 1. The Morgan fingerprint density at radius 2 is 1.86 bits per heavy atom. The molecule has 0 saturated heterocycles. The largest absolute Gasteiger partial charge is 0.389 e. The maximum atomic E-state index is 12.4. The van der Waals surface area contributed by atoms with Crippen LogP contribution < -0.4 is 5.73 Å². The van der Waals surface area contributed by atoms with Crippen LogP contribution in [0, 0.1) is 6.92 Å². The molecule has 1 amide bonds. The van der Waals surface area contributed by atoms with E-state index >= 15 is 0 Å². The van der Waals surface area contributed by atoms with Crippen LogP contribution in [0.4, 0.5) is 0 Å². The lowest BCUT2D eigenvalue weighted by atomic mass is 10.1. The van der Waals surface area contributed by atoms with Gasteiger partial charge < -0.3 is 10.6 Å². The molecule has 0 spiro atoms. The van der Waals surface area contributed by atoms with E-state index in [1.54, 1.807) is 27.1 Å². The Morgan fingerprint density at radius 1 is 1.29 bits per heavy atom. The molecule has 6 nitrogen and oxygen atoms in total. The molecular formula is C13H19N3O3S2. The predicted octanol–water partition coefficient (Wildman–Crippen LogP) is 0.338. The molecule has 0 atom stereocenters. The Balaban J connectivity index is 3.11. The molecule has 0 heterocycles. The number of rotatable bonds is 5. The molecule has 1 rings (SSSR count). The van der Waals surface area contributed by atoms with Gasteiger partial charge in [-0.25, -0.2) is 8.42 Å². The van der Waals surface area contributed by atoms with Gasteiger partial charge in [-0.3, -0.25) is 4.79 Å². The molecule has 2 N–H and O–H groups in total. The Bertz CT molecular complexity index is 669. The third-order valence-corrected chi connectivity index (χ3v) is 5.05. The van der Waals surface area contributed by atoms with Gasteiger partial charge >= 0.3 is 0 Å². The molecular weight excluding hydrogens is 310 g/mol. The van der Waals surface area contributed by atoms with Gasteiger partial charge in [-0.2, -0.15) is 4.31 Å². The molecule has 8 heteroatoms. The SMILES string of the molecule is Cc1cc(S(=O)(=O)N(C)CC(=O)N(C)C)ccc1C(N)=S. The van der Waals surface area contributed by atoms with Crippen LogP contribution in [0.1, 0.15) is 11.1 Å². The zero-order valence-electron chi connectivity index (χ0n) is 12.5. The maximum Gasteiger partial charge on any atom is 0.243 e. The van der Waals surface area contributed by atoms with Gasteiger partial charge in [-0.05, 0) is 24.6 Å². The van der Waals surface area contributed by atoms with Gasteiger partial charge in [-0.1, -0.05) is 18.3 Å². The zero-order valence-corrected chi connectivity index (χ0v) is 14.1. The minimum Gasteiger partial charge on any atom is -0.389 e. The minimum atomic E-state index is -3.73. The second-order valence-electron chi connectivity index (χ2n) is 4.89. The van der Waals surface area contributed by atoms with E-state index in [0.717, 1.165) is 4.31 Å². The van der Waals surface area contributed by atoms with Crippen molar-refractivity contribution in [3.63, 3.8) is 0 Å². The van der Waals surface area contributed by atoms with Gasteiger partial charge in [0, 0.05) is 26.7 Å². The Kier molecular flexibility index (Phi) is 5.43. The van der Waals surface area contributed by atoms with Crippen molar-refractivity contribution in [1.82, 2.24) is 9.21 Å². The number of hydrogen-bond acceptors (Lipinski definition) is 4. The number of nitrogens with zero attached hydrogens (tertiary/aromatic N) is 2. The van der Waals surface area contributed by atoms with E-state index in [-0.39, 0.29) is 22.3 Å². The van der Waals surface area contributed by atoms with Crippen molar-refractivity contribution in [2.24, 2.45) is 5.73 Å². The van der Waals surface area contributed by atoms with E-state index in [1.807, 2.05) is 0 Å². The van der Waals surface area contributed by atoms with E-state index in [9.17, 15) is 13.2 Å². The van der Waals surface area contributed by atoms with Crippen molar-refractivity contribution in [3.8, 4) is 0 Å². The summed E-state index contributed by atoms with van der Waals surface area (Å²) in [5.74, 6) is -0.294. The molecule has 0 bridgehead atoms. The highest BCUT2D eigenvalue weighted by Crippen LogP contribution is 2.18. The van der Waals surface area contributed by atoms with Crippen LogP contribution in [0.3, 0.4) is 0 Å². The number of hydrogen-bond donors (Lipinski definition) is 1. The average molecular weight is 329 g/mol. The number of carbonyl (C=O) groups is 1. The second kappa shape index (κ2) is 6.50. The Labute approximate surface area is 130 Å². The molecule has 0 aliphatic rings. The second-order valence-corrected chi connectivity index (χ2v) is 7.37. The molecule has 0 aromatic heterocycles. The van der Waals surface area contributed by atoms with Crippen molar-refractivity contribution in [1.29, 1.82) is 0 Å². The summed E-state index contributed by atoms with van der Waals surface area (Å²) in [7, 11) is 0.784. The van der Waals surface area contributed by atoms with Gasteiger partial charge in [-0.15, -0.1) is 0 Å². The summed E-state index contributed by atoms with van der Waals surface area (Å²) in [5.41, 5.74) is 6.87. The van der Waals surface area contributed by atoms with Crippen LogP contribution in [0.15, 0.2) is 23.1 Å². The molecule has 1 aromatic carbocycles. The fourth-order valence-electron chi connectivity index (χ4n) is 1.67. The third-order valence-electron chi connectivity index (χ3n) is 3.03. The smallest absolute Gasteiger partial charge is 0.243 e. The van der Waals surface area contributed by atoms with Crippen LogP contribution >= 0.6 is 12.2 Å². The van der Waals surface area contributed by atoms with E-state index in [1.165, 1.54) is 24.1 Å². The number of benzene rings is 1. The Morgan fingerprint density at radius 3 is 2.29 bits per heavy atom. The van der Waals surface area contributed by atoms with Crippen LogP contribution in [0.5, 0.6) is 0 Å². The number of carbonyl (C=O) groups excluding carboxylic acids is 1. The lowest BCUT2D eigenvalue weighted by Crippen LogP contribution is -2.37. The van der Waals surface area contributed by atoms with Crippen LogP contribution in [0.25, 0.3) is 0 Å². The molecule has 116 valence electrons. The molecule has 1 aromatic rings. The monoisotopic (exact) mass is 329 g/mol. The lowest BCUT2D eigenvalue weighted by Gasteiger charge is -2.19. The average Bonchev–Trinajstić information content (AvgIpc) is 2.37. The molecule has 0 fully saturated rings. The molecule has 0 aliphatic heterocycles. The maximum absolute atomic E-state index is 12.4. The summed E-state index contributed by atoms with van der Waals surface area (Å²) in [4.78, 5) is 13.3. The number of sulfonamides is 1. The molecule has 0 saturated carbocycles. The van der Waals surface area contributed by atoms with Gasteiger partial charge in [0.05, 0.1) is 11.4 Å². The van der Waals surface area contributed by atoms with Crippen molar-refractivity contribution in [3.05, 3.63) is 29.3 Å². The first-order chi connectivity index (χ1) is 9.57. The number of likely N-dealkylation sites (N-methyl/N-ethyl adjacent to an activating group) is 2. The van der Waals surface area contributed by atoms with Gasteiger partial charge in [0.1, 0.15) is 4.99 Å². The summed E-state index contributed by atoms with van der Waals surface area (Å²) in [5, 5.41) is 0. The predicted molar refractivity (Wildman–Crippen MR) is 85.6 cm³/mol. The van der Waals surface area contributed by atoms with Crippen LogP contribution in [-0.4, -0.2) is 56.2 Å². The highest BCUT2D eigenvalue weighted by atomic mass is 32.2. The van der Waals surface area contributed by atoms with Crippen molar-refractivity contribution in [2.75, 3.05) is 27.7 Å². The van der Waals surface area contributed by atoms with Gasteiger partial charge in [0.2, 0.25) is 15.9 Å². The number of nitrogens with two attached hydrogens (primary N) is 1. The van der Waals surface area contributed by atoms with Crippen molar-refractivity contribution >= 4 is 33.1 Å². The van der Waals surface area contributed by atoms with Crippen LogP contribution in [-0.2, 0) is 14.8 Å². The summed E-state index contributed by atoms with van der Waals surface area (Å²) in [6.07, 6.45) is 0. The lowest BCUT2D eigenvalue weighted by molar-refractivity contribution is -0.128. The minimum absolute atomic E-state index is 0.106. The van der Waals surface area contributed by atoms with E-state index < -0.39 is 10.0 Å². The summed E-state index contributed by atoms with van der Waals surface area (Å²) in [6.45, 7) is 1.52. The quantitative estimate of drug-likeness (QED) is 0.788. The molecule has 0 aliphatic carbocycles. The first kappa shape index (κ1) is 17.5. The molecule has 21 heavy (non-hydrogen) atoms. The topological polar surface area (TPSA) is 83.7 Å². The van der Waals surface area contributed by atoms with Crippen LogP contribution in [0.2, 0.25) is 0 Å². The fraction of sp³-hybridized carbons (Fsp3) is 0.385. The molecule has 0 radical (unpaired) electrons. The van der Waals surface area contributed by atoms with E-state index in [4.69, 9.17) is 18.0 Å². The van der Waals surface area contributed by atoms with Gasteiger partial charge in [0.25, 0.3) is 0 Å². The summed E-state index contributed by atoms with van der Waals surface area (Å²) in [6, 6.07) is 4.51. The fourth-order valence-corrected chi connectivity index (χ4v) is 3.10. The number of aryl methyl sites for hydroxylation is 1. The first-order valence-electron chi connectivity index (χ1n) is 6.14. The highest BCUT2D eigenvalue weighted by Gasteiger charge is 2.24. The molecule has 0 unspecified atom stereocenters. The Hall–Kier alpha value is -1.51.